The van der Waals surface area contributed by atoms with E-state index in [4.69, 9.17) is 0 Å². The number of nitrogens with one attached hydrogen (secondary N) is 1. The summed E-state index contributed by atoms with van der Waals surface area (Å²) in [6.45, 7) is 5.25. The Labute approximate surface area is 104 Å². The lowest BCUT2D eigenvalue weighted by atomic mass is 10.2. The van der Waals surface area contributed by atoms with Crippen LogP contribution in [-0.4, -0.2) is 21.5 Å². The number of aromatic nitrogens is 3. The predicted molar refractivity (Wildman–Crippen MR) is 68.6 cm³/mol. The Morgan fingerprint density at radius 1 is 1.35 bits per heavy atom. The summed E-state index contributed by atoms with van der Waals surface area (Å²) in [5, 5.41) is 11.8. The van der Waals surface area contributed by atoms with Crippen LogP contribution in [0.15, 0.2) is 6.20 Å². The van der Waals surface area contributed by atoms with Crippen molar-refractivity contribution in [3.8, 4) is 0 Å². The van der Waals surface area contributed by atoms with E-state index in [0.717, 1.165) is 31.2 Å². The van der Waals surface area contributed by atoms with Crippen molar-refractivity contribution in [2.24, 2.45) is 5.92 Å². The first kappa shape index (κ1) is 12.6. The van der Waals surface area contributed by atoms with Gasteiger partial charge in [0.15, 0.2) is 0 Å². The average Bonchev–Trinajstić information content (AvgIpc) is 3.04. The SMILES string of the molecule is CCCCCCn1cc(CNCC2CC2)nn1. The number of unbranched alkanes of at least 4 members (excludes halogenated alkanes) is 3. The van der Waals surface area contributed by atoms with E-state index in [-0.39, 0.29) is 0 Å². The quantitative estimate of drug-likeness (QED) is 0.669. The first-order chi connectivity index (χ1) is 8.38. The van der Waals surface area contributed by atoms with E-state index in [1.165, 1.54) is 38.5 Å². The number of hydrogen-bond acceptors (Lipinski definition) is 3. The van der Waals surface area contributed by atoms with Gasteiger partial charge in [0, 0.05) is 19.3 Å². The Bertz CT molecular complexity index is 317. The van der Waals surface area contributed by atoms with Crippen LogP contribution in [0.3, 0.4) is 0 Å². The fourth-order valence-corrected chi connectivity index (χ4v) is 1.96. The highest BCUT2D eigenvalue weighted by Crippen LogP contribution is 2.27. The summed E-state index contributed by atoms with van der Waals surface area (Å²) >= 11 is 0. The van der Waals surface area contributed by atoms with Gasteiger partial charge in [-0.15, -0.1) is 5.10 Å². The summed E-state index contributed by atoms with van der Waals surface area (Å²) < 4.78 is 1.98. The lowest BCUT2D eigenvalue weighted by molar-refractivity contribution is 0.527. The topological polar surface area (TPSA) is 42.7 Å². The third-order valence-corrected chi connectivity index (χ3v) is 3.26. The van der Waals surface area contributed by atoms with Crippen LogP contribution in [0.25, 0.3) is 0 Å². The molecule has 0 unspecified atom stereocenters. The van der Waals surface area contributed by atoms with Crippen molar-refractivity contribution in [2.45, 2.75) is 58.5 Å². The minimum absolute atomic E-state index is 0.867. The zero-order valence-corrected chi connectivity index (χ0v) is 10.9. The Morgan fingerprint density at radius 2 is 2.24 bits per heavy atom. The molecule has 4 nitrogen and oxygen atoms in total. The van der Waals surface area contributed by atoms with Crippen molar-refractivity contribution < 1.29 is 0 Å². The monoisotopic (exact) mass is 236 g/mol. The van der Waals surface area contributed by atoms with Gasteiger partial charge in [-0.1, -0.05) is 31.4 Å². The molecule has 0 aromatic carbocycles. The second-order valence-electron chi connectivity index (χ2n) is 5.11. The van der Waals surface area contributed by atoms with Crippen LogP contribution in [0, 0.1) is 5.92 Å². The third kappa shape index (κ3) is 4.86. The molecule has 0 spiro atoms. The lowest BCUT2D eigenvalue weighted by Crippen LogP contribution is -2.16. The molecule has 1 aromatic heterocycles. The van der Waals surface area contributed by atoms with Gasteiger partial charge in [-0.05, 0) is 31.7 Å². The summed E-state index contributed by atoms with van der Waals surface area (Å²) in [5.74, 6) is 0.930. The maximum atomic E-state index is 4.18. The van der Waals surface area contributed by atoms with E-state index in [1.54, 1.807) is 0 Å². The van der Waals surface area contributed by atoms with Gasteiger partial charge in [0.2, 0.25) is 0 Å². The van der Waals surface area contributed by atoms with Crippen molar-refractivity contribution >= 4 is 0 Å². The largest absolute Gasteiger partial charge is 0.311 e. The van der Waals surface area contributed by atoms with E-state index >= 15 is 0 Å². The fourth-order valence-electron chi connectivity index (χ4n) is 1.96. The minimum Gasteiger partial charge on any atom is -0.311 e. The van der Waals surface area contributed by atoms with Crippen LogP contribution in [0.5, 0.6) is 0 Å². The summed E-state index contributed by atoms with van der Waals surface area (Å²) in [6, 6.07) is 0. The molecule has 0 amide bonds. The number of aryl methyl sites for hydroxylation is 1. The zero-order chi connectivity index (χ0) is 11.9. The minimum atomic E-state index is 0.867. The third-order valence-electron chi connectivity index (χ3n) is 3.26. The molecule has 1 fully saturated rings. The van der Waals surface area contributed by atoms with Crippen molar-refractivity contribution in [1.29, 1.82) is 0 Å². The maximum Gasteiger partial charge on any atom is 0.0964 e. The molecule has 0 aliphatic heterocycles. The first-order valence-electron chi connectivity index (χ1n) is 6.98. The van der Waals surface area contributed by atoms with E-state index in [1.807, 2.05) is 4.68 Å². The molecule has 1 N–H and O–H groups in total. The molecule has 1 heterocycles. The molecule has 4 heteroatoms. The summed E-state index contributed by atoms with van der Waals surface area (Å²) in [5.41, 5.74) is 1.07. The van der Waals surface area contributed by atoms with Crippen molar-refractivity contribution in [2.75, 3.05) is 6.54 Å². The Balaban J connectivity index is 1.60. The smallest absolute Gasteiger partial charge is 0.0964 e. The van der Waals surface area contributed by atoms with Crippen LogP contribution in [0.1, 0.15) is 51.1 Å². The molecule has 96 valence electrons. The molecule has 1 saturated carbocycles. The highest BCUT2D eigenvalue weighted by atomic mass is 15.4. The van der Waals surface area contributed by atoms with Crippen LogP contribution < -0.4 is 5.32 Å². The molecule has 0 bridgehead atoms. The van der Waals surface area contributed by atoms with Crippen LogP contribution >= 0.6 is 0 Å². The second-order valence-corrected chi connectivity index (χ2v) is 5.11. The highest BCUT2D eigenvalue weighted by molar-refractivity contribution is 4.92. The Morgan fingerprint density at radius 3 is 3.00 bits per heavy atom. The maximum absolute atomic E-state index is 4.18. The molecule has 0 saturated heterocycles. The molecular weight excluding hydrogens is 212 g/mol. The van der Waals surface area contributed by atoms with Crippen molar-refractivity contribution in [1.82, 2.24) is 20.3 Å². The van der Waals surface area contributed by atoms with Gasteiger partial charge in [0.1, 0.15) is 0 Å². The Kier molecular flexibility index (Phi) is 4.98. The number of hydrogen-bond donors (Lipinski definition) is 1. The standard InChI is InChI=1S/C13H24N4/c1-2-3-4-5-8-17-11-13(15-16-17)10-14-9-12-6-7-12/h11-12,14H,2-10H2,1H3. The normalized spacial score (nSPS) is 15.4. The number of rotatable bonds is 9. The first-order valence-corrected chi connectivity index (χ1v) is 6.98. The van der Waals surface area contributed by atoms with Crippen LogP contribution in [-0.2, 0) is 13.1 Å². The highest BCUT2D eigenvalue weighted by Gasteiger charge is 2.20. The van der Waals surface area contributed by atoms with Crippen molar-refractivity contribution in [3.05, 3.63) is 11.9 Å². The van der Waals surface area contributed by atoms with E-state index in [2.05, 4.69) is 28.7 Å². The van der Waals surface area contributed by atoms with Crippen LogP contribution in [0.2, 0.25) is 0 Å². The molecule has 0 radical (unpaired) electrons. The molecule has 1 aliphatic rings. The molecule has 0 atom stereocenters. The molecule has 2 rings (SSSR count). The van der Waals surface area contributed by atoms with Gasteiger partial charge in [-0.3, -0.25) is 4.68 Å². The van der Waals surface area contributed by atoms with Gasteiger partial charge >= 0.3 is 0 Å². The fraction of sp³-hybridized carbons (Fsp3) is 0.846. The second kappa shape index (κ2) is 6.74. The predicted octanol–water partition coefficient (Wildman–Crippen LogP) is 2.36. The molecule has 1 aromatic rings. The molecule has 17 heavy (non-hydrogen) atoms. The molecular formula is C13H24N4. The van der Waals surface area contributed by atoms with E-state index in [0.29, 0.717) is 0 Å². The van der Waals surface area contributed by atoms with Gasteiger partial charge in [-0.25, -0.2) is 0 Å². The van der Waals surface area contributed by atoms with Crippen LogP contribution in [0.4, 0.5) is 0 Å². The van der Waals surface area contributed by atoms with E-state index in [9.17, 15) is 0 Å². The van der Waals surface area contributed by atoms with Gasteiger partial charge in [-0.2, -0.15) is 0 Å². The number of nitrogens with zero attached hydrogens (tertiary/aromatic N) is 3. The summed E-state index contributed by atoms with van der Waals surface area (Å²) in [6.07, 6.45) is 10.00. The summed E-state index contributed by atoms with van der Waals surface area (Å²) in [4.78, 5) is 0. The van der Waals surface area contributed by atoms with Gasteiger partial charge < -0.3 is 5.32 Å². The van der Waals surface area contributed by atoms with Gasteiger partial charge in [0.05, 0.1) is 5.69 Å². The average molecular weight is 236 g/mol. The molecule has 1 aliphatic carbocycles. The van der Waals surface area contributed by atoms with E-state index < -0.39 is 0 Å². The summed E-state index contributed by atoms with van der Waals surface area (Å²) in [7, 11) is 0. The zero-order valence-electron chi connectivity index (χ0n) is 10.9. The lowest BCUT2D eigenvalue weighted by Gasteiger charge is -2.00. The Hall–Kier alpha value is -0.900. The van der Waals surface area contributed by atoms with Crippen molar-refractivity contribution in [3.63, 3.8) is 0 Å². The van der Waals surface area contributed by atoms with Gasteiger partial charge in [0.25, 0.3) is 0 Å².